The number of hydrogen-bond donors (Lipinski definition) is 1. The van der Waals surface area contributed by atoms with Gasteiger partial charge in [0.2, 0.25) is 10.0 Å². The van der Waals surface area contributed by atoms with Crippen LogP contribution in [0.15, 0.2) is 30.3 Å². The molecule has 1 aromatic carbocycles. The lowest BCUT2D eigenvalue weighted by molar-refractivity contribution is 0.0797. The van der Waals surface area contributed by atoms with Crippen molar-refractivity contribution in [3.05, 3.63) is 35.9 Å². The van der Waals surface area contributed by atoms with Crippen LogP contribution in [0.25, 0.3) is 0 Å². The summed E-state index contributed by atoms with van der Waals surface area (Å²) in [6.07, 6.45) is 3.42. The highest BCUT2D eigenvalue weighted by Crippen LogP contribution is 2.34. The fraction of sp³-hybridized carbons (Fsp3) is 0.647. The van der Waals surface area contributed by atoms with Crippen molar-refractivity contribution in [1.82, 2.24) is 9.62 Å². The summed E-state index contributed by atoms with van der Waals surface area (Å²) in [5.74, 6) is 1.02. The van der Waals surface area contributed by atoms with E-state index in [1.165, 1.54) is 11.8 Å². The summed E-state index contributed by atoms with van der Waals surface area (Å²) >= 11 is 0. The number of ether oxygens (including phenoxy) is 1. The van der Waals surface area contributed by atoms with Crippen LogP contribution in [0.3, 0.4) is 0 Å². The summed E-state index contributed by atoms with van der Waals surface area (Å²) in [7, 11) is -3.15. The highest BCUT2D eigenvalue weighted by Gasteiger charge is 2.40. The van der Waals surface area contributed by atoms with Crippen LogP contribution in [0.1, 0.15) is 12.0 Å². The number of nitrogens with one attached hydrogen (secondary N) is 1. The smallest absolute Gasteiger partial charge is 0.208 e. The quantitative estimate of drug-likeness (QED) is 0.844. The molecule has 1 aromatic rings. The molecule has 2 fully saturated rings. The van der Waals surface area contributed by atoms with Gasteiger partial charge in [-0.2, -0.15) is 0 Å². The molecular formula is C17H26N2O3S. The van der Waals surface area contributed by atoms with Crippen molar-refractivity contribution in [2.75, 3.05) is 39.0 Å². The van der Waals surface area contributed by atoms with E-state index in [1.54, 1.807) is 0 Å². The number of hydrogen-bond acceptors (Lipinski definition) is 4. The standard InChI is InChI=1S/C17H26N2O3S/c1-23(20,21)18-11-17-16-12-19(10-8-15(16)13-22-17)9-7-14-5-3-2-4-6-14/h2-6,15-18H,7-13H2,1H3/t15-,16-,17+/m1/s1. The number of nitrogens with zero attached hydrogens (tertiary/aromatic N) is 1. The highest BCUT2D eigenvalue weighted by atomic mass is 32.2. The molecule has 2 heterocycles. The van der Waals surface area contributed by atoms with Crippen LogP contribution < -0.4 is 4.72 Å². The van der Waals surface area contributed by atoms with Crippen molar-refractivity contribution in [1.29, 1.82) is 0 Å². The van der Waals surface area contributed by atoms with Crippen LogP contribution >= 0.6 is 0 Å². The maximum Gasteiger partial charge on any atom is 0.208 e. The molecule has 3 atom stereocenters. The molecule has 1 N–H and O–H groups in total. The minimum Gasteiger partial charge on any atom is -0.376 e. The van der Waals surface area contributed by atoms with Gasteiger partial charge in [-0.1, -0.05) is 30.3 Å². The van der Waals surface area contributed by atoms with Crippen molar-refractivity contribution < 1.29 is 13.2 Å². The third-order valence-electron chi connectivity index (χ3n) is 5.00. The number of sulfonamides is 1. The van der Waals surface area contributed by atoms with Crippen molar-refractivity contribution in [3.8, 4) is 0 Å². The van der Waals surface area contributed by atoms with E-state index in [4.69, 9.17) is 4.74 Å². The molecule has 0 amide bonds. The van der Waals surface area contributed by atoms with E-state index in [-0.39, 0.29) is 6.10 Å². The number of fused-ring (bicyclic) bond motifs is 1. The van der Waals surface area contributed by atoms with E-state index in [9.17, 15) is 8.42 Å². The van der Waals surface area contributed by atoms with Gasteiger partial charge in [0.25, 0.3) is 0 Å². The molecule has 0 radical (unpaired) electrons. The molecular weight excluding hydrogens is 312 g/mol. The number of likely N-dealkylation sites (tertiary alicyclic amines) is 1. The molecule has 23 heavy (non-hydrogen) atoms. The molecule has 0 aliphatic carbocycles. The molecule has 3 rings (SSSR count). The van der Waals surface area contributed by atoms with E-state index in [0.717, 1.165) is 39.1 Å². The van der Waals surface area contributed by atoms with E-state index < -0.39 is 10.0 Å². The van der Waals surface area contributed by atoms with Gasteiger partial charge in [-0.3, -0.25) is 0 Å². The summed E-state index contributed by atoms with van der Waals surface area (Å²) in [6, 6.07) is 10.6. The van der Waals surface area contributed by atoms with Crippen LogP contribution in [0.4, 0.5) is 0 Å². The summed E-state index contributed by atoms with van der Waals surface area (Å²) in [4.78, 5) is 2.50. The highest BCUT2D eigenvalue weighted by molar-refractivity contribution is 7.88. The van der Waals surface area contributed by atoms with Gasteiger partial charge in [-0.25, -0.2) is 13.1 Å². The molecule has 128 valence electrons. The van der Waals surface area contributed by atoms with E-state index in [1.807, 2.05) is 6.07 Å². The van der Waals surface area contributed by atoms with E-state index in [0.29, 0.717) is 18.4 Å². The number of piperidine rings is 1. The van der Waals surface area contributed by atoms with Gasteiger partial charge < -0.3 is 9.64 Å². The molecule has 0 bridgehead atoms. The molecule has 0 aromatic heterocycles. The second-order valence-corrected chi connectivity index (χ2v) is 8.57. The molecule has 2 saturated heterocycles. The first-order valence-corrected chi connectivity index (χ1v) is 10.2. The fourth-order valence-electron chi connectivity index (χ4n) is 3.68. The molecule has 5 nitrogen and oxygen atoms in total. The fourth-order valence-corrected chi connectivity index (χ4v) is 4.15. The normalized spacial score (nSPS) is 28.7. The van der Waals surface area contributed by atoms with Gasteiger partial charge >= 0.3 is 0 Å². The molecule has 0 saturated carbocycles. The van der Waals surface area contributed by atoms with Gasteiger partial charge in [-0.15, -0.1) is 0 Å². The zero-order valence-electron chi connectivity index (χ0n) is 13.6. The average Bonchev–Trinajstić information content (AvgIpc) is 2.94. The van der Waals surface area contributed by atoms with Crippen molar-refractivity contribution in [2.24, 2.45) is 11.8 Å². The van der Waals surface area contributed by atoms with Gasteiger partial charge in [0, 0.05) is 25.6 Å². The van der Waals surface area contributed by atoms with Crippen molar-refractivity contribution in [2.45, 2.75) is 18.9 Å². The maximum absolute atomic E-state index is 11.3. The average molecular weight is 338 g/mol. The molecule has 2 aliphatic rings. The Hall–Kier alpha value is -0.950. The minimum atomic E-state index is -3.15. The maximum atomic E-state index is 11.3. The lowest BCUT2D eigenvalue weighted by atomic mass is 9.84. The summed E-state index contributed by atoms with van der Waals surface area (Å²) in [5.41, 5.74) is 1.37. The third-order valence-corrected chi connectivity index (χ3v) is 5.69. The minimum absolute atomic E-state index is 0.00857. The Morgan fingerprint density at radius 1 is 1.30 bits per heavy atom. The van der Waals surface area contributed by atoms with Crippen molar-refractivity contribution in [3.63, 3.8) is 0 Å². The topological polar surface area (TPSA) is 58.6 Å². The first-order chi connectivity index (χ1) is 11.0. The number of benzene rings is 1. The molecule has 2 aliphatic heterocycles. The SMILES string of the molecule is CS(=O)(=O)NC[C@@H]1OC[C@H]2CCN(CCc3ccccc3)C[C@H]21. The largest absolute Gasteiger partial charge is 0.376 e. The Balaban J connectivity index is 1.52. The Bertz CT molecular complexity index is 606. The van der Waals surface area contributed by atoms with Crippen LogP contribution in [-0.2, 0) is 21.2 Å². The van der Waals surface area contributed by atoms with Gasteiger partial charge in [0.15, 0.2) is 0 Å². The monoisotopic (exact) mass is 338 g/mol. The molecule has 0 unspecified atom stereocenters. The van der Waals surface area contributed by atoms with Crippen molar-refractivity contribution >= 4 is 10.0 Å². The van der Waals surface area contributed by atoms with Gasteiger partial charge in [-0.05, 0) is 30.9 Å². The molecule has 6 heteroatoms. The second kappa shape index (κ2) is 7.30. The van der Waals surface area contributed by atoms with E-state index in [2.05, 4.69) is 33.9 Å². The number of rotatable bonds is 6. The second-order valence-electron chi connectivity index (χ2n) is 6.74. The summed E-state index contributed by atoms with van der Waals surface area (Å²) in [6.45, 7) is 4.34. The first kappa shape index (κ1) is 16.9. The third kappa shape index (κ3) is 4.76. The Morgan fingerprint density at radius 2 is 2.09 bits per heavy atom. The van der Waals surface area contributed by atoms with Crippen LogP contribution in [0.5, 0.6) is 0 Å². The first-order valence-electron chi connectivity index (χ1n) is 8.34. The zero-order chi connectivity index (χ0) is 16.3. The summed E-state index contributed by atoms with van der Waals surface area (Å²) in [5, 5.41) is 0. The Kier molecular flexibility index (Phi) is 5.36. The van der Waals surface area contributed by atoms with Crippen LogP contribution in [-0.4, -0.2) is 58.5 Å². The summed E-state index contributed by atoms with van der Waals surface area (Å²) < 4.78 is 31.0. The predicted molar refractivity (Wildman–Crippen MR) is 90.8 cm³/mol. The van der Waals surface area contributed by atoms with E-state index >= 15 is 0 Å². The Labute approximate surface area is 139 Å². The lowest BCUT2D eigenvalue weighted by Crippen LogP contribution is -2.45. The van der Waals surface area contributed by atoms with Crippen LogP contribution in [0.2, 0.25) is 0 Å². The van der Waals surface area contributed by atoms with Gasteiger partial charge in [0.1, 0.15) is 0 Å². The lowest BCUT2D eigenvalue weighted by Gasteiger charge is -2.36. The zero-order valence-corrected chi connectivity index (χ0v) is 14.5. The molecule has 0 spiro atoms. The Morgan fingerprint density at radius 3 is 2.83 bits per heavy atom. The van der Waals surface area contributed by atoms with Gasteiger partial charge in [0.05, 0.1) is 19.0 Å². The predicted octanol–water partition coefficient (Wildman–Crippen LogP) is 1.12. The van der Waals surface area contributed by atoms with Crippen LogP contribution in [0, 0.1) is 11.8 Å².